The van der Waals surface area contributed by atoms with Gasteiger partial charge in [-0.2, -0.15) is 0 Å². The van der Waals surface area contributed by atoms with Crippen molar-refractivity contribution in [2.45, 2.75) is 6.42 Å². The van der Waals surface area contributed by atoms with E-state index >= 15 is 0 Å². The van der Waals surface area contributed by atoms with Gasteiger partial charge >= 0.3 is 0 Å². The number of hydrogen-bond donors (Lipinski definition) is 1. The molecule has 0 aromatic rings. The van der Waals surface area contributed by atoms with Crippen LogP contribution in [0, 0.1) is 0 Å². The summed E-state index contributed by atoms with van der Waals surface area (Å²) in [6.07, 6.45) is 0.606. The van der Waals surface area contributed by atoms with E-state index in [1.807, 2.05) is 0 Å². The third-order valence-electron chi connectivity index (χ3n) is 0.689. The van der Waals surface area contributed by atoms with Crippen molar-refractivity contribution in [1.82, 2.24) is 0 Å². The summed E-state index contributed by atoms with van der Waals surface area (Å²) in [4.78, 5) is 0. The molecule has 0 rings (SSSR count). The van der Waals surface area contributed by atoms with E-state index in [2.05, 4.69) is 4.74 Å². The van der Waals surface area contributed by atoms with Crippen LogP contribution in [-0.2, 0) is 15.4 Å². The first-order valence-electron chi connectivity index (χ1n) is 2.38. The first kappa shape index (κ1) is 7.91. The van der Waals surface area contributed by atoms with Crippen LogP contribution in [-0.4, -0.2) is 27.9 Å². The van der Waals surface area contributed by atoms with Crippen LogP contribution in [0.1, 0.15) is 6.42 Å². The van der Waals surface area contributed by atoms with Crippen molar-refractivity contribution in [2.24, 2.45) is 0 Å². The Bertz CT molecular complexity index is 99.9. The molecule has 0 unspecified atom stereocenters. The van der Waals surface area contributed by atoms with Gasteiger partial charge in [0.25, 0.3) is 0 Å². The second-order valence-electron chi connectivity index (χ2n) is 1.40. The van der Waals surface area contributed by atoms with Gasteiger partial charge in [-0.25, -0.2) is 8.42 Å². The highest BCUT2D eigenvalue weighted by Gasteiger charge is 1.85. The van der Waals surface area contributed by atoms with E-state index in [1.165, 1.54) is 0 Å². The molecule has 4 heteroatoms. The Hall–Kier alpha value is -0.0900. The van der Waals surface area contributed by atoms with Gasteiger partial charge in [0.2, 0.25) is 0 Å². The Kier molecular flexibility index (Phi) is 5.00. The molecule has 0 aliphatic heterocycles. The smallest absolute Gasteiger partial charge is 0.140 e. The van der Waals surface area contributed by atoms with Crippen molar-refractivity contribution in [2.75, 3.05) is 19.5 Å². The van der Waals surface area contributed by atoms with Crippen LogP contribution in [0.25, 0.3) is 0 Å². The molecule has 0 amide bonds. The summed E-state index contributed by atoms with van der Waals surface area (Å²) in [6.45, 7) is 0.531. The molecule has 0 N–H and O–H groups in total. The van der Waals surface area contributed by atoms with Crippen molar-refractivity contribution in [3.8, 4) is 0 Å². The zero-order valence-corrected chi connectivity index (χ0v) is 5.69. The lowest BCUT2D eigenvalue weighted by Crippen LogP contribution is -1.93. The Morgan fingerprint density at radius 2 is 2.12 bits per heavy atom. The third-order valence-corrected chi connectivity index (χ3v) is 1.37. The van der Waals surface area contributed by atoms with Gasteiger partial charge in [0.15, 0.2) is 0 Å². The largest absolute Gasteiger partial charge is 0.385 e. The molecular weight excluding hydrogens is 128 g/mol. The fraction of sp³-hybridized carbons (Fsp3) is 1.00. The van der Waals surface area contributed by atoms with E-state index in [4.69, 9.17) is 0 Å². The van der Waals surface area contributed by atoms with Crippen molar-refractivity contribution >= 4 is 10.7 Å². The van der Waals surface area contributed by atoms with Gasteiger partial charge in [-0.05, 0) is 6.42 Å². The molecule has 8 heavy (non-hydrogen) atoms. The quantitative estimate of drug-likeness (QED) is 0.426. The average molecular weight is 138 g/mol. The van der Waals surface area contributed by atoms with Crippen LogP contribution in [0.2, 0.25) is 0 Å². The van der Waals surface area contributed by atoms with Crippen molar-refractivity contribution in [3.63, 3.8) is 0 Å². The van der Waals surface area contributed by atoms with Crippen LogP contribution in [0.4, 0.5) is 0 Å². The summed E-state index contributed by atoms with van der Waals surface area (Å²) in [5, 5.41) is 0. The summed E-state index contributed by atoms with van der Waals surface area (Å²) in [5.41, 5.74) is 0. The third kappa shape index (κ3) is 5.91. The fourth-order valence-corrected chi connectivity index (χ4v) is 0.725. The zero-order chi connectivity index (χ0) is 6.41. The maximum Gasteiger partial charge on any atom is 0.140 e. The lowest BCUT2D eigenvalue weighted by molar-refractivity contribution is 0.199. The Labute approximate surface area is 50.6 Å². The molecule has 0 atom stereocenters. The van der Waals surface area contributed by atoms with Crippen LogP contribution in [0.15, 0.2) is 0 Å². The predicted molar refractivity (Wildman–Crippen MR) is 31.7 cm³/mol. The van der Waals surface area contributed by atoms with Crippen LogP contribution >= 0.6 is 0 Å². The number of thiol groups is 1. The van der Waals surface area contributed by atoms with Gasteiger partial charge in [-0.15, -0.1) is 0 Å². The van der Waals surface area contributed by atoms with Crippen LogP contribution in [0.5, 0.6) is 0 Å². The van der Waals surface area contributed by atoms with E-state index in [9.17, 15) is 8.42 Å². The molecule has 0 bridgehead atoms. The topological polar surface area (TPSA) is 43.4 Å². The summed E-state index contributed by atoms with van der Waals surface area (Å²) in [6, 6.07) is 0. The van der Waals surface area contributed by atoms with E-state index in [0.717, 1.165) is 0 Å². The zero-order valence-electron chi connectivity index (χ0n) is 4.79. The summed E-state index contributed by atoms with van der Waals surface area (Å²) < 4.78 is 24.3. The second kappa shape index (κ2) is 5.05. The highest BCUT2D eigenvalue weighted by Crippen LogP contribution is 1.78. The molecule has 50 valence electrons. The first-order chi connectivity index (χ1) is 3.77. The molecule has 0 saturated heterocycles. The number of rotatable bonds is 4. The average Bonchev–Trinajstić information content (AvgIpc) is 1.66. The first-order valence-corrected chi connectivity index (χ1v) is 3.74. The molecule has 3 nitrogen and oxygen atoms in total. The van der Waals surface area contributed by atoms with Gasteiger partial charge in [0.1, 0.15) is 10.7 Å². The molecule has 0 aliphatic carbocycles. The SMILES string of the molecule is COCCC[SH](=O)=O. The van der Waals surface area contributed by atoms with E-state index in [1.54, 1.807) is 7.11 Å². The van der Waals surface area contributed by atoms with E-state index in [0.29, 0.717) is 13.0 Å². The standard InChI is InChI=1S/C4H10O3S/c1-7-3-2-4-8(5)6/h8H,2-4H2,1H3. The Morgan fingerprint density at radius 1 is 1.50 bits per heavy atom. The molecule has 0 spiro atoms. The van der Waals surface area contributed by atoms with Crippen molar-refractivity contribution in [1.29, 1.82) is 0 Å². The second-order valence-corrected chi connectivity index (χ2v) is 2.52. The van der Waals surface area contributed by atoms with Gasteiger partial charge in [0.05, 0.1) is 0 Å². The van der Waals surface area contributed by atoms with E-state index in [-0.39, 0.29) is 5.75 Å². The van der Waals surface area contributed by atoms with E-state index < -0.39 is 10.7 Å². The van der Waals surface area contributed by atoms with Crippen molar-refractivity contribution in [3.05, 3.63) is 0 Å². The summed E-state index contributed by atoms with van der Waals surface area (Å²) >= 11 is 0. The minimum atomic E-state index is -2.19. The lowest BCUT2D eigenvalue weighted by Gasteiger charge is -1.89. The summed E-state index contributed by atoms with van der Waals surface area (Å²) in [7, 11) is -0.639. The normalized spacial score (nSPS) is 10.2. The maximum atomic E-state index is 9.86. The summed E-state index contributed by atoms with van der Waals surface area (Å²) in [5.74, 6) is 0.239. The number of ether oxygens (including phenoxy) is 1. The molecular formula is C4H10O3S. The highest BCUT2D eigenvalue weighted by molar-refractivity contribution is 7.72. The maximum absolute atomic E-state index is 9.86. The van der Waals surface area contributed by atoms with Crippen molar-refractivity contribution < 1.29 is 13.2 Å². The lowest BCUT2D eigenvalue weighted by atomic mass is 10.5. The number of methoxy groups -OCH3 is 1. The molecule has 0 aromatic carbocycles. The predicted octanol–water partition coefficient (Wildman–Crippen LogP) is -0.366. The molecule has 0 aromatic heterocycles. The van der Waals surface area contributed by atoms with Gasteiger partial charge in [0, 0.05) is 19.5 Å². The molecule has 0 saturated carbocycles. The molecule has 0 fully saturated rings. The molecule has 0 radical (unpaired) electrons. The Balaban J connectivity index is 2.94. The minimum Gasteiger partial charge on any atom is -0.385 e. The van der Waals surface area contributed by atoms with Gasteiger partial charge < -0.3 is 4.74 Å². The van der Waals surface area contributed by atoms with Gasteiger partial charge in [-0.1, -0.05) is 0 Å². The highest BCUT2D eigenvalue weighted by atomic mass is 32.2. The monoisotopic (exact) mass is 138 g/mol. The van der Waals surface area contributed by atoms with Gasteiger partial charge in [-0.3, -0.25) is 0 Å². The minimum absolute atomic E-state index is 0.239. The van der Waals surface area contributed by atoms with Crippen LogP contribution in [0.3, 0.4) is 0 Å². The van der Waals surface area contributed by atoms with Crippen LogP contribution < -0.4 is 0 Å². The fourth-order valence-electron chi connectivity index (χ4n) is 0.338. The molecule has 0 aliphatic rings. The molecule has 0 heterocycles. The number of hydrogen-bond acceptors (Lipinski definition) is 3. The Morgan fingerprint density at radius 3 is 2.50 bits per heavy atom.